The number of carbonyl (C=O) groups excluding carboxylic acids is 1. The first-order chi connectivity index (χ1) is 11.7. The Morgan fingerprint density at radius 1 is 1.17 bits per heavy atom. The van der Waals surface area contributed by atoms with Gasteiger partial charge < -0.3 is 10.5 Å². The molecule has 0 radical (unpaired) electrons. The van der Waals surface area contributed by atoms with E-state index in [1.165, 1.54) is 10.8 Å². The molecule has 0 aromatic heterocycles. The summed E-state index contributed by atoms with van der Waals surface area (Å²) in [5, 5.41) is 2.34. The average molecular weight is 321 g/mol. The summed E-state index contributed by atoms with van der Waals surface area (Å²) in [5.41, 5.74) is 7.52. The maximum absolute atomic E-state index is 11.7. The van der Waals surface area contributed by atoms with Crippen LogP contribution in [0.5, 0.6) is 0 Å². The molecule has 0 bridgehead atoms. The van der Waals surface area contributed by atoms with Gasteiger partial charge in [-0.25, -0.2) is 0 Å². The maximum atomic E-state index is 11.7. The number of nitrogens with two attached hydrogens (primary N) is 1. The summed E-state index contributed by atoms with van der Waals surface area (Å²) in [4.78, 5) is 11.7. The van der Waals surface area contributed by atoms with Crippen molar-refractivity contribution in [1.29, 1.82) is 0 Å². The second-order valence-electron chi connectivity index (χ2n) is 5.54. The Kier molecular flexibility index (Phi) is 6.52. The molecule has 0 aliphatic carbocycles. The van der Waals surface area contributed by atoms with E-state index in [2.05, 4.69) is 37.4 Å². The Morgan fingerprint density at radius 2 is 1.92 bits per heavy atom. The lowest BCUT2D eigenvalue weighted by Gasteiger charge is -2.19. The molecule has 0 saturated carbocycles. The molecule has 0 heterocycles. The van der Waals surface area contributed by atoms with Gasteiger partial charge in [0, 0.05) is 12.8 Å². The Hall–Kier alpha value is -2.65. The highest BCUT2D eigenvalue weighted by molar-refractivity contribution is 5.85. The SMILES string of the molecule is C=C/C=C(\C=C)CC(Cc1cccc2ccccc12)OC(=O)CN. The maximum Gasteiger partial charge on any atom is 0.319 e. The van der Waals surface area contributed by atoms with Gasteiger partial charge in [-0.3, -0.25) is 4.79 Å². The molecule has 0 aliphatic rings. The molecule has 0 saturated heterocycles. The number of ether oxygens (including phenoxy) is 1. The molecular weight excluding hydrogens is 298 g/mol. The van der Waals surface area contributed by atoms with Crippen molar-refractivity contribution in [1.82, 2.24) is 0 Å². The van der Waals surface area contributed by atoms with E-state index in [0.29, 0.717) is 12.8 Å². The average Bonchev–Trinajstić information content (AvgIpc) is 2.61. The van der Waals surface area contributed by atoms with Crippen LogP contribution < -0.4 is 5.73 Å². The molecule has 0 amide bonds. The van der Waals surface area contributed by atoms with Crippen molar-refractivity contribution in [3.63, 3.8) is 0 Å². The molecule has 24 heavy (non-hydrogen) atoms. The van der Waals surface area contributed by atoms with E-state index in [-0.39, 0.29) is 12.6 Å². The monoisotopic (exact) mass is 321 g/mol. The number of benzene rings is 2. The lowest BCUT2D eigenvalue weighted by atomic mass is 9.96. The molecule has 0 spiro atoms. The van der Waals surface area contributed by atoms with Crippen molar-refractivity contribution in [2.24, 2.45) is 5.73 Å². The third kappa shape index (κ3) is 4.67. The predicted molar refractivity (Wildman–Crippen MR) is 99.7 cm³/mol. The van der Waals surface area contributed by atoms with Crippen LogP contribution in [-0.4, -0.2) is 18.6 Å². The Morgan fingerprint density at radius 3 is 2.62 bits per heavy atom. The largest absolute Gasteiger partial charge is 0.461 e. The van der Waals surface area contributed by atoms with Crippen LogP contribution in [0.4, 0.5) is 0 Å². The summed E-state index contributed by atoms with van der Waals surface area (Å²) in [5.74, 6) is -0.401. The van der Waals surface area contributed by atoms with E-state index in [1.54, 1.807) is 12.2 Å². The molecule has 2 aromatic carbocycles. The molecule has 1 atom stereocenters. The fourth-order valence-corrected chi connectivity index (χ4v) is 2.74. The quantitative estimate of drug-likeness (QED) is 0.592. The van der Waals surface area contributed by atoms with E-state index >= 15 is 0 Å². The van der Waals surface area contributed by atoms with Crippen LogP contribution in [0.1, 0.15) is 12.0 Å². The zero-order chi connectivity index (χ0) is 17.4. The van der Waals surface area contributed by atoms with Crippen LogP contribution in [0.25, 0.3) is 10.8 Å². The number of fused-ring (bicyclic) bond motifs is 1. The zero-order valence-corrected chi connectivity index (χ0v) is 13.8. The lowest BCUT2D eigenvalue weighted by Crippen LogP contribution is -2.26. The number of hydrogen-bond donors (Lipinski definition) is 1. The summed E-state index contributed by atoms with van der Waals surface area (Å²) in [7, 11) is 0. The van der Waals surface area contributed by atoms with Crippen LogP contribution in [-0.2, 0) is 16.0 Å². The summed E-state index contributed by atoms with van der Waals surface area (Å²) in [6.07, 6.45) is 6.24. The number of esters is 1. The van der Waals surface area contributed by atoms with E-state index < -0.39 is 5.97 Å². The Balaban J connectivity index is 2.29. The van der Waals surface area contributed by atoms with Gasteiger partial charge in [0.05, 0.1) is 6.54 Å². The van der Waals surface area contributed by atoms with E-state index in [4.69, 9.17) is 10.5 Å². The molecule has 3 heteroatoms. The van der Waals surface area contributed by atoms with Gasteiger partial charge >= 0.3 is 5.97 Å². The minimum Gasteiger partial charge on any atom is -0.461 e. The standard InChI is InChI=1S/C21H23NO2/c1-3-8-16(4-2)13-19(24-21(23)15-22)14-18-11-7-10-17-9-5-6-12-20(17)18/h3-12,19H,1-2,13-15,22H2/b16-8+. The molecule has 2 aromatic rings. The van der Waals surface area contributed by atoms with Crippen LogP contribution in [0, 0.1) is 0 Å². The first-order valence-electron chi connectivity index (χ1n) is 7.98. The van der Waals surface area contributed by atoms with Crippen molar-refractivity contribution in [3.05, 3.63) is 85.0 Å². The van der Waals surface area contributed by atoms with Gasteiger partial charge in [0.2, 0.25) is 0 Å². The summed E-state index contributed by atoms with van der Waals surface area (Å²) in [6, 6.07) is 14.4. The van der Waals surface area contributed by atoms with Gasteiger partial charge in [0.25, 0.3) is 0 Å². The van der Waals surface area contributed by atoms with Crippen molar-refractivity contribution in [2.45, 2.75) is 18.9 Å². The fraction of sp³-hybridized carbons (Fsp3) is 0.190. The van der Waals surface area contributed by atoms with Crippen molar-refractivity contribution in [3.8, 4) is 0 Å². The highest BCUT2D eigenvalue weighted by Crippen LogP contribution is 2.23. The van der Waals surface area contributed by atoms with Crippen LogP contribution in [0.15, 0.2) is 79.4 Å². The second-order valence-corrected chi connectivity index (χ2v) is 5.54. The molecule has 124 valence electrons. The third-order valence-corrected chi connectivity index (χ3v) is 3.85. The normalized spacial score (nSPS) is 12.6. The lowest BCUT2D eigenvalue weighted by molar-refractivity contribution is -0.147. The second kappa shape index (κ2) is 8.85. The smallest absolute Gasteiger partial charge is 0.319 e. The minimum atomic E-state index is -0.401. The molecule has 1 unspecified atom stereocenters. The van der Waals surface area contributed by atoms with E-state index in [9.17, 15) is 4.79 Å². The molecule has 2 N–H and O–H groups in total. The van der Waals surface area contributed by atoms with Crippen molar-refractivity contribution in [2.75, 3.05) is 6.54 Å². The van der Waals surface area contributed by atoms with E-state index in [1.807, 2.05) is 24.3 Å². The van der Waals surface area contributed by atoms with Gasteiger partial charge in [-0.05, 0) is 21.9 Å². The fourth-order valence-electron chi connectivity index (χ4n) is 2.74. The van der Waals surface area contributed by atoms with Gasteiger partial charge in [-0.15, -0.1) is 0 Å². The van der Waals surface area contributed by atoms with Crippen LogP contribution in [0.2, 0.25) is 0 Å². The summed E-state index contributed by atoms with van der Waals surface area (Å²) in [6.45, 7) is 7.39. The predicted octanol–water partition coefficient (Wildman–Crippen LogP) is 3.94. The molecule has 3 nitrogen and oxygen atoms in total. The number of hydrogen-bond acceptors (Lipinski definition) is 3. The van der Waals surface area contributed by atoms with Crippen molar-refractivity contribution < 1.29 is 9.53 Å². The molecule has 0 aliphatic heterocycles. The van der Waals surface area contributed by atoms with Crippen molar-refractivity contribution >= 4 is 16.7 Å². The summed E-state index contributed by atoms with van der Waals surface area (Å²) >= 11 is 0. The topological polar surface area (TPSA) is 52.3 Å². The van der Waals surface area contributed by atoms with Crippen LogP contribution in [0.3, 0.4) is 0 Å². The molecule has 2 rings (SSSR count). The highest BCUT2D eigenvalue weighted by atomic mass is 16.5. The van der Waals surface area contributed by atoms with Gasteiger partial charge in [-0.1, -0.05) is 73.9 Å². The number of rotatable bonds is 8. The zero-order valence-electron chi connectivity index (χ0n) is 13.8. The first kappa shape index (κ1) is 17.7. The Labute approximate surface area is 143 Å². The first-order valence-corrected chi connectivity index (χ1v) is 7.98. The highest BCUT2D eigenvalue weighted by Gasteiger charge is 2.16. The third-order valence-electron chi connectivity index (χ3n) is 3.85. The van der Waals surface area contributed by atoms with Gasteiger partial charge in [0.1, 0.15) is 6.10 Å². The minimum absolute atomic E-state index is 0.124. The Bertz CT molecular complexity index is 756. The van der Waals surface area contributed by atoms with Gasteiger partial charge in [0.15, 0.2) is 0 Å². The van der Waals surface area contributed by atoms with Gasteiger partial charge in [-0.2, -0.15) is 0 Å². The van der Waals surface area contributed by atoms with Crippen LogP contribution >= 0.6 is 0 Å². The van der Waals surface area contributed by atoms with E-state index in [0.717, 1.165) is 11.1 Å². The number of allylic oxidation sites excluding steroid dienone is 3. The molecule has 0 fully saturated rings. The molecular formula is C21H23NO2. The number of carbonyl (C=O) groups is 1. The summed E-state index contributed by atoms with van der Waals surface area (Å²) < 4.78 is 5.54.